The van der Waals surface area contributed by atoms with Gasteiger partial charge < -0.3 is 15.4 Å². The summed E-state index contributed by atoms with van der Waals surface area (Å²) in [5.41, 5.74) is 6.72. The van der Waals surface area contributed by atoms with Gasteiger partial charge >= 0.3 is 0 Å². The van der Waals surface area contributed by atoms with E-state index in [4.69, 9.17) is 10.5 Å². The zero-order valence-electron chi connectivity index (χ0n) is 15.2. The maximum atomic E-state index is 13.8. The highest BCUT2D eigenvalue weighted by molar-refractivity contribution is 7.12. The first-order valence-electron chi connectivity index (χ1n) is 8.52. The average Bonchev–Trinajstić information content (AvgIpc) is 3.22. The molecule has 2 N–H and O–H groups in total. The van der Waals surface area contributed by atoms with Crippen molar-refractivity contribution in [3.8, 4) is 5.75 Å². The van der Waals surface area contributed by atoms with Crippen LogP contribution in [0.2, 0.25) is 0 Å². The Bertz CT molecular complexity index is 975. The van der Waals surface area contributed by atoms with Crippen LogP contribution in [0.15, 0.2) is 66.0 Å². The number of carbonyl (C=O) groups is 2. The highest BCUT2D eigenvalue weighted by atomic mass is 32.1. The van der Waals surface area contributed by atoms with Gasteiger partial charge in [-0.1, -0.05) is 30.3 Å². The van der Waals surface area contributed by atoms with Gasteiger partial charge in [-0.3, -0.25) is 9.59 Å². The Morgan fingerprint density at radius 1 is 1.14 bits per heavy atom. The summed E-state index contributed by atoms with van der Waals surface area (Å²) in [7, 11) is 1.55. The number of halogens is 1. The Labute approximate surface area is 166 Å². The molecule has 1 aromatic heterocycles. The lowest BCUT2D eigenvalue weighted by Crippen LogP contribution is -2.41. The lowest BCUT2D eigenvalue weighted by Gasteiger charge is -2.30. The molecule has 1 atom stereocenters. The second-order valence-electron chi connectivity index (χ2n) is 6.12. The Kier molecular flexibility index (Phi) is 6.06. The number of carbonyl (C=O) groups excluding carboxylic acids is 2. The Hall–Kier alpha value is -3.19. The number of methoxy groups -OCH3 is 1. The summed E-state index contributed by atoms with van der Waals surface area (Å²) in [5, 5.41) is 1.78. The minimum absolute atomic E-state index is 0.109. The lowest BCUT2D eigenvalue weighted by atomic mass is 10.0. The molecule has 2 aromatic carbocycles. The number of ether oxygens (including phenoxy) is 1. The normalized spacial score (nSPS) is 11.6. The van der Waals surface area contributed by atoms with Crippen LogP contribution in [0, 0.1) is 5.82 Å². The van der Waals surface area contributed by atoms with Gasteiger partial charge in [0.25, 0.3) is 5.91 Å². The van der Waals surface area contributed by atoms with Gasteiger partial charge in [-0.25, -0.2) is 4.39 Å². The van der Waals surface area contributed by atoms with E-state index in [1.165, 1.54) is 34.4 Å². The molecule has 0 saturated carbocycles. The number of rotatable bonds is 7. The molecular formula is C21H19FN2O3S. The minimum Gasteiger partial charge on any atom is -0.497 e. The third-order valence-electron chi connectivity index (χ3n) is 4.23. The number of hydrogen-bond acceptors (Lipinski definition) is 4. The molecule has 0 saturated heterocycles. The van der Waals surface area contributed by atoms with Gasteiger partial charge in [-0.05, 0) is 46.8 Å². The van der Waals surface area contributed by atoms with Gasteiger partial charge in [0.05, 0.1) is 12.0 Å². The van der Waals surface area contributed by atoms with Crippen molar-refractivity contribution in [2.45, 2.75) is 12.6 Å². The molecule has 0 spiro atoms. The van der Waals surface area contributed by atoms with Gasteiger partial charge in [-0.15, -0.1) is 11.3 Å². The highest BCUT2D eigenvalue weighted by Gasteiger charge is 2.31. The van der Waals surface area contributed by atoms with E-state index in [9.17, 15) is 14.0 Å². The van der Waals surface area contributed by atoms with Crippen molar-refractivity contribution >= 4 is 23.2 Å². The fourth-order valence-corrected chi connectivity index (χ4v) is 3.64. The smallest absolute Gasteiger partial charge is 0.265 e. The largest absolute Gasteiger partial charge is 0.497 e. The molecule has 1 unspecified atom stereocenters. The molecule has 2 amide bonds. The topological polar surface area (TPSA) is 72.6 Å². The highest BCUT2D eigenvalue weighted by Crippen LogP contribution is 2.27. The summed E-state index contributed by atoms with van der Waals surface area (Å²) in [5.74, 6) is -0.972. The van der Waals surface area contributed by atoms with Crippen molar-refractivity contribution in [3.05, 3.63) is 87.9 Å². The number of benzene rings is 2. The van der Waals surface area contributed by atoms with E-state index in [1.54, 1.807) is 48.9 Å². The van der Waals surface area contributed by atoms with Crippen LogP contribution < -0.4 is 10.5 Å². The Morgan fingerprint density at radius 3 is 2.57 bits per heavy atom. The van der Waals surface area contributed by atoms with E-state index in [0.717, 1.165) is 5.56 Å². The number of amides is 2. The van der Waals surface area contributed by atoms with E-state index in [-0.39, 0.29) is 12.5 Å². The van der Waals surface area contributed by atoms with Crippen molar-refractivity contribution in [2.24, 2.45) is 5.73 Å². The monoisotopic (exact) mass is 398 g/mol. The number of hydrogen-bond donors (Lipinski definition) is 1. The Morgan fingerprint density at radius 2 is 1.93 bits per heavy atom. The van der Waals surface area contributed by atoms with Gasteiger partial charge in [0.15, 0.2) is 0 Å². The quantitative estimate of drug-likeness (QED) is 0.659. The third-order valence-corrected chi connectivity index (χ3v) is 5.08. The summed E-state index contributed by atoms with van der Waals surface area (Å²) in [6, 6.07) is 15.0. The first kappa shape index (κ1) is 19.6. The van der Waals surface area contributed by atoms with Crippen molar-refractivity contribution in [3.63, 3.8) is 0 Å². The summed E-state index contributed by atoms with van der Waals surface area (Å²) in [4.78, 5) is 27.3. The molecule has 28 heavy (non-hydrogen) atoms. The van der Waals surface area contributed by atoms with Crippen LogP contribution in [0.4, 0.5) is 4.39 Å². The van der Waals surface area contributed by atoms with E-state index in [2.05, 4.69) is 0 Å². The van der Waals surface area contributed by atoms with Gasteiger partial charge in [0, 0.05) is 6.54 Å². The first-order chi connectivity index (χ1) is 13.5. The average molecular weight is 398 g/mol. The molecule has 0 aliphatic carbocycles. The molecule has 3 rings (SSSR count). The number of nitrogens with two attached hydrogens (primary N) is 1. The molecule has 0 aliphatic rings. The van der Waals surface area contributed by atoms with Crippen molar-refractivity contribution in [1.82, 2.24) is 4.90 Å². The second-order valence-corrected chi connectivity index (χ2v) is 7.07. The number of primary amides is 1. The maximum Gasteiger partial charge on any atom is 0.265 e. The summed E-state index contributed by atoms with van der Waals surface area (Å²) in [6.45, 7) is 0.109. The summed E-state index contributed by atoms with van der Waals surface area (Å²) >= 11 is 1.26. The molecule has 0 fully saturated rings. The molecule has 0 radical (unpaired) electrons. The predicted molar refractivity (Wildman–Crippen MR) is 106 cm³/mol. The van der Waals surface area contributed by atoms with Crippen LogP contribution in [0.3, 0.4) is 0 Å². The molecule has 0 bridgehead atoms. The zero-order chi connectivity index (χ0) is 20.1. The third kappa shape index (κ3) is 4.37. The molecule has 7 heteroatoms. The first-order valence-corrected chi connectivity index (χ1v) is 9.39. The van der Waals surface area contributed by atoms with E-state index >= 15 is 0 Å². The summed E-state index contributed by atoms with van der Waals surface area (Å²) < 4.78 is 19.0. The van der Waals surface area contributed by atoms with Crippen LogP contribution in [-0.2, 0) is 11.3 Å². The van der Waals surface area contributed by atoms with E-state index < -0.39 is 17.8 Å². The van der Waals surface area contributed by atoms with Crippen molar-refractivity contribution in [2.75, 3.05) is 7.11 Å². The van der Waals surface area contributed by atoms with Crippen LogP contribution in [0.25, 0.3) is 0 Å². The van der Waals surface area contributed by atoms with Crippen molar-refractivity contribution < 1.29 is 18.7 Å². The minimum atomic E-state index is -1.11. The van der Waals surface area contributed by atoms with Crippen LogP contribution >= 0.6 is 11.3 Å². The van der Waals surface area contributed by atoms with Crippen LogP contribution in [0.1, 0.15) is 26.8 Å². The fraction of sp³-hybridized carbons (Fsp3) is 0.143. The second kappa shape index (κ2) is 8.67. The standard InChI is InChI=1S/C21H19FN2O3S/c1-27-17-8-2-5-14(11-17)13-24(21(26)18-9-4-10-28-18)19(20(23)25)15-6-3-7-16(22)12-15/h2-12,19H,13H2,1H3,(H2,23,25). The SMILES string of the molecule is COc1cccc(CN(C(=O)c2cccs2)C(C(N)=O)c2cccc(F)c2)c1. The van der Waals surface area contributed by atoms with Crippen LogP contribution in [0.5, 0.6) is 5.75 Å². The Balaban J connectivity index is 2.05. The molecule has 3 aromatic rings. The molecule has 1 heterocycles. The van der Waals surface area contributed by atoms with E-state index in [0.29, 0.717) is 16.2 Å². The lowest BCUT2D eigenvalue weighted by molar-refractivity contribution is -0.122. The molecular weight excluding hydrogens is 379 g/mol. The molecule has 144 valence electrons. The van der Waals surface area contributed by atoms with Gasteiger partial charge in [0.2, 0.25) is 5.91 Å². The van der Waals surface area contributed by atoms with Gasteiger partial charge in [0.1, 0.15) is 17.6 Å². The molecule has 5 nitrogen and oxygen atoms in total. The predicted octanol–water partition coefficient (Wildman–Crippen LogP) is 3.76. The number of thiophene rings is 1. The fourth-order valence-electron chi connectivity index (χ4n) is 2.96. The van der Waals surface area contributed by atoms with Crippen LogP contribution in [-0.4, -0.2) is 23.8 Å². The van der Waals surface area contributed by atoms with E-state index in [1.807, 2.05) is 6.07 Å². The maximum absolute atomic E-state index is 13.8. The van der Waals surface area contributed by atoms with Gasteiger partial charge in [-0.2, -0.15) is 0 Å². The summed E-state index contributed by atoms with van der Waals surface area (Å²) in [6.07, 6.45) is 0. The molecule has 0 aliphatic heterocycles. The number of nitrogens with zero attached hydrogens (tertiary/aromatic N) is 1. The zero-order valence-corrected chi connectivity index (χ0v) is 16.0. The van der Waals surface area contributed by atoms with Crippen molar-refractivity contribution in [1.29, 1.82) is 0 Å².